The summed E-state index contributed by atoms with van der Waals surface area (Å²) in [6.07, 6.45) is 2.44. The number of hydrogen-bond donors (Lipinski definition) is 2. The molecule has 35 heavy (non-hydrogen) atoms. The summed E-state index contributed by atoms with van der Waals surface area (Å²) in [5.74, 6) is -0.351. The zero-order valence-corrected chi connectivity index (χ0v) is 19.3. The molecule has 1 saturated carbocycles. The molecule has 3 amide bonds. The van der Waals surface area contributed by atoms with Crippen LogP contribution in [0.3, 0.4) is 0 Å². The summed E-state index contributed by atoms with van der Waals surface area (Å²) in [6.45, 7) is 0.713. The lowest BCUT2D eigenvalue weighted by molar-refractivity contribution is 0.0950. The monoisotopic (exact) mass is 469 g/mol. The highest BCUT2D eigenvalue weighted by Gasteiger charge is 2.33. The van der Waals surface area contributed by atoms with Crippen molar-refractivity contribution in [1.29, 1.82) is 0 Å². The average Bonchev–Trinajstić information content (AvgIpc) is 3.64. The molecule has 1 aliphatic carbocycles. The van der Waals surface area contributed by atoms with Crippen molar-refractivity contribution in [2.24, 2.45) is 0 Å². The molecule has 1 aliphatic heterocycles. The highest BCUT2D eigenvalue weighted by atomic mass is 16.6. The number of nitrogens with one attached hydrogen (secondary N) is 2. The molecule has 1 unspecified atom stereocenters. The molecular formula is C28H27N3O4. The lowest BCUT2D eigenvalue weighted by atomic mass is 10.0. The molecule has 0 bridgehead atoms. The van der Waals surface area contributed by atoms with Crippen molar-refractivity contribution in [3.63, 3.8) is 0 Å². The summed E-state index contributed by atoms with van der Waals surface area (Å²) in [7, 11) is 0. The van der Waals surface area contributed by atoms with E-state index in [9.17, 15) is 14.4 Å². The van der Waals surface area contributed by atoms with Gasteiger partial charge in [0.15, 0.2) is 0 Å². The average molecular weight is 470 g/mol. The summed E-state index contributed by atoms with van der Waals surface area (Å²) in [5.41, 5.74) is 3.66. The number of amides is 3. The number of anilines is 1. The maximum Gasteiger partial charge on any atom is 0.410 e. The standard InChI is InChI=1S/C28H27N3O4/c32-26(29-24-13-14-24)21-9-11-23(12-10-21)30-27(33)22-8-4-7-20(15-22)17-31-25(18-35-28(31)34)16-19-5-2-1-3-6-19/h1-12,15,24-25H,13-14,16-18H2,(H,29,32)(H,30,33). The van der Waals surface area contributed by atoms with E-state index in [-0.39, 0.29) is 23.9 Å². The molecule has 178 valence electrons. The van der Waals surface area contributed by atoms with Crippen LogP contribution in [0.5, 0.6) is 0 Å². The van der Waals surface area contributed by atoms with Crippen LogP contribution in [0, 0.1) is 0 Å². The topological polar surface area (TPSA) is 87.7 Å². The molecule has 3 aromatic carbocycles. The lowest BCUT2D eigenvalue weighted by Crippen LogP contribution is -2.34. The third-order valence-electron chi connectivity index (χ3n) is 6.25. The Balaban J connectivity index is 1.22. The Hall–Kier alpha value is -4.13. The number of carbonyl (C=O) groups excluding carboxylic acids is 3. The summed E-state index contributed by atoms with van der Waals surface area (Å²) in [4.78, 5) is 39.1. The largest absolute Gasteiger partial charge is 0.447 e. The Labute approximate surface area is 204 Å². The smallest absolute Gasteiger partial charge is 0.410 e. The van der Waals surface area contributed by atoms with Gasteiger partial charge < -0.3 is 15.4 Å². The molecule has 1 atom stereocenters. The van der Waals surface area contributed by atoms with Gasteiger partial charge in [0.2, 0.25) is 0 Å². The summed E-state index contributed by atoms with van der Waals surface area (Å²) in [6, 6.07) is 24.3. The van der Waals surface area contributed by atoms with Crippen LogP contribution >= 0.6 is 0 Å². The van der Waals surface area contributed by atoms with Gasteiger partial charge in [-0.1, -0.05) is 42.5 Å². The zero-order chi connectivity index (χ0) is 24.2. The van der Waals surface area contributed by atoms with Crippen LogP contribution < -0.4 is 10.6 Å². The Morgan fingerprint density at radius 3 is 2.34 bits per heavy atom. The molecule has 7 heteroatoms. The number of cyclic esters (lactones) is 1. The Bertz CT molecular complexity index is 1220. The van der Waals surface area contributed by atoms with Gasteiger partial charge in [-0.3, -0.25) is 14.5 Å². The van der Waals surface area contributed by atoms with E-state index in [1.807, 2.05) is 42.5 Å². The zero-order valence-electron chi connectivity index (χ0n) is 19.3. The van der Waals surface area contributed by atoms with Crippen LogP contribution in [0.15, 0.2) is 78.9 Å². The molecule has 2 aliphatic rings. The SMILES string of the molecule is O=C(Nc1ccc(C(=O)NC2CC2)cc1)c1cccc(CN2C(=O)OCC2Cc2ccccc2)c1. The summed E-state index contributed by atoms with van der Waals surface area (Å²) < 4.78 is 5.31. The van der Waals surface area contributed by atoms with Gasteiger partial charge >= 0.3 is 6.09 Å². The third-order valence-corrected chi connectivity index (χ3v) is 6.25. The van der Waals surface area contributed by atoms with Gasteiger partial charge in [-0.05, 0) is 66.8 Å². The van der Waals surface area contributed by atoms with E-state index < -0.39 is 0 Å². The molecular weight excluding hydrogens is 442 g/mol. The van der Waals surface area contributed by atoms with Crippen LogP contribution in [-0.4, -0.2) is 41.5 Å². The minimum absolute atomic E-state index is 0.0574. The molecule has 1 saturated heterocycles. The fourth-order valence-corrected chi connectivity index (χ4v) is 4.15. The number of carbonyl (C=O) groups is 3. The summed E-state index contributed by atoms with van der Waals surface area (Å²) >= 11 is 0. The van der Waals surface area contributed by atoms with Gasteiger partial charge in [0.1, 0.15) is 6.61 Å². The molecule has 3 aromatic rings. The number of ether oxygens (including phenoxy) is 1. The first-order valence-corrected chi connectivity index (χ1v) is 11.8. The second kappa shape index (κ2) is 10.0. The number of rotatable bonds is 8. The fourth-order valence-electron chi connectivity index (χ4n) is 4.15. The van der Waals surface area contributed by atoms with Crippen LogP contribution in [0.25, 0.3) is 0 Å². The maximum absolute atomic E-state index is 12.9. The highest BCUT2D eigenvalue weighted by molar-refractivity contribution is 6.04. The molecule has 2 N–H and O–H groups in total. The Morgan fingerprint density at radius 2 is 1.60 bits per heavy atom. The predicted molar refractivity (Wildman–Crippen MR) is 132 cm³/mol. The van der Waals surface area contributed by atoms with E-state index in [2.05, 4.69) is 10.6 Å². The quantitative estimate of drug-likeness (QED) is 0.512. The number of nitrogens with zero attached hydrogens (tertiary/aromatic N) is 1. The third kappa shape index (κ3) is 5.69. The van der Waals surface area contributed by atoms with Crippen molar-refractivity contribution in [3.05, 3.63) is 101 Å². The van der Waals surface area contributed by atoms with E-state index in [0.29, 0.717) is 42.4 Å². The van der Waals surface area contributed by atoms with E-state index in [1.165, 1.54) is 0 Å². The van der Waals surface area contributed by atoms with Crippen molar-refractivity contribution in [2.45, 2.75) is 37.9 Å². The molecule has 5 rings (SSSR count). The van der Waals surface area contributed by atoms with Crippen molar-refractivity contribution in [3.8, 4) is 0 Å². The Kier molecular flexibility index (Phi) is 6.48. The summed E-state index contributed by atoms with van der Waals surface area (Å²) in [5, 5.41) is 5.82. The van der Waals surface area contributed by atoms with Gasteiger partial charge in [0.25, 0.3) is 11.8 Å². The van der Waals surface area contributed by atoms with Crippen molar-refractivity contribution in [1.82, 2.24) is 10.2 Å². The minimum Gasteiger partial charge on any atom is -0.447 e. The van der Waals surface area contributed by atoms with Crippen LogP contribution in [0.2, 0.25) is 0 Å². The molecule has 0 radical (unpaired) electrons. The van der Waals surface area contributed by atoms with Gasteiger partial charge in [-0.15, -0.1) is 0 Å². The van der Waals surface area contributed by atoms with Crippen molar-refractivity contribution >= 4 is 23.6 Å². The van der Waals surface area contributed by atoms with Crippen LogP contribution in [0.4, 0.5) is 10.5 Å². The predicted octanol–water partition coefficient (Wildman–Crippen LogP) is 4.39. The van der Waals surface area contributed by atoms with Crippen LogP contribution in [-0.2, 0) is 17.7 Å². The highest BCUT2D eigenvalue weighted by Crippen LogP contribution is 2.22. The van der Waals surface area contributed by atoms with Gasteiger partial charge in [0.05, 0.1) is 6.04 Å². The molecule has 2 fully saturated rings. The molecule has 0 aromatic heterocycles. The Morgan fingerprint density at radius 1 is 0.857 bits per heavy atom. The second-order valence-corrected chi connectivity index (χ2v) is 9.03. The van der Waals surface area contributed by atoms with E-state index in [0.717, 1.165) is 24.0 Å². The van der Waals surface area contributed by atoms with E-state index in [4.69, 9.17) is 4.74 Å². The normalized spacial score (nSPS) is 17.1. The molecule has 7 nitrogen and oxygen atoms in total. The maximum atomic E-state index is 12.9. The number of hydrogen-bond acceptors (Lipinski definition) is 4. The minimum atomic E-state index is -0.341. The van der Waals surface area contributed by atoms with E-state index in [1.54, 1.807) is 41.3 Å². The fraction of sp³-hybridized carbons (Fsp3) is 0.250. The molecule has 0 spiro atoms. The van der Waals surface area contributed by atoms with Crippen molar-refractivity contribution < 1.29 is 19.1 Å². The van der Waals surface area contributed by atoms with Crippen molar-refractivity contribution in [2.75, 3.05) is 11.9 Å². The van der Waals surface area contributed by atoms with Gasteiger partial charge in [0, 0.05) is 29.4 Å². The first-order valence-electron chi connectivity index (χ1n) is 11.8. The molecule has 1 heterocycles. The number of benzene rings is 3. The lowest BCUT2D eigenvalue weighted by Gasteiger charge is -2.22. The van der Waals surface area contributed by atoms with Gasteiger partial charge in [-0.2, -0.15) is 0 Å². The first kappa shape index (κ1) is 22.7. The van der Waals surface area contributed by atoms with E-state index >= 15 is 0 Å². The van der Waals surface area contributed by atoms with Gasteiger partial charge in [-0.25, -0.2) is 4.79 Å². The second-order valence-electron chi connectivity index (χ2n) is 9.03. The first-order chi connectivity index (χ1) is 17.0. The van der Waals surface area contributed by atoms with Crippen LogP contribution in [0.1, 0.15) is 44.7 Å².